The molecule has 0 fully saturated rings. The predicted molar refractivity (Wildman–Crippen MR) is 71.9 cm³/mol. The van der Waals surface area contributed by atoms with Crippen LogP contribution in [0, 0.1) is 0 Å². The number of nitrogens with zero attached hydrogens (tertiary/aromatic N) is 1. The van der Waals surface area contributed by atoms with Gasteiger partial charge >= 0.3 is 0 Å². The number of hydrogen-bond donors (Lipinski definition) is 1. The van der Waals surface area contributed by atoms with E-state index < -0.39 is 0 Å². The van der Waals surface area contributed by atoms with Crippen molar-refractivity contribution in [1.29, 1.82) is 0 Å². The summed E-state index contributed by atoms with van der Waals surface area (Å²) in [5.41, 5.74) is 1.68. The molecular formula is C15H13NO3. The molecule has 1 N–H and O–H groups in total. The van der Waals surface area contributed by atoms with Gasteiger partial charge in [-0.05, 0) is 29.0 Å². The molecule has 0 saturated heterocycles. The number of methoxy groups -OCH3 is 1. The Hall–Kier alpha value is -2.33. The Labute approximate surface area is 110 Å². The van der Waals surface area contributed by atoms with Gasteiger partial charge in [0, 0.05) is 11.6 Å². The molecule has 0 saturated carbocycles. The van der Waals surface area contributed by atoms with Gasteiger partial charge in [0.2, 0.25) is 0 Å². The molecule has 0 bridgehead atoms. The SMILES string of the molecule is COc1ccc2cc(-c3cc(CO)on3)ccc2c1. The molecule has 1 heterocycles. The Bertz CT molecular complexity index is 718. The molecule has 0 radical (unpaired) electrons. The molecule has 4 heteroatoms. The molecule has 2 aromatic carbocycles. The minimum absolute atomic E-state index is 0.141. The first-order valence-corrected chi connectivity index (χ1v) is 5.95. The maximum absolute atomic E-state index is 8.98. The highest BCUT2D eigenvalue weighted by atomic mass is 16.5. The van der Waals surface area contributed by atoms with Crippen molar-refractivity contribution in [1.82, 2.24) is 5.16 Å². The van der Waals surface area contributed by atoms with Crippen LogP contribution >= 0.6 is 0 Å². The molecule has 1 aromatic heterocycles. The maximum Gasteiger partial charge on any atom is 0.162 e. The molecule has 3 rings (SSSR count). The van der Waals surface area contributed by atoms with Crippen molar-refractivity contribution >= 4 is 10.8 Å². The number of fused-ring (bicyclic) bond motifs is 1. The minimum Gasteiger partial charge on any atom is -0.497 e. The largest absolute Gasteiger partial charge is 0.497 e. The van der Waals surface area contributed by atoms with Crippen molar-refractivity contribution < 1.29 is 14.4 Å². The smallest absolute Gasteiger partial charge is 0.162 e. The van der Waals surface area contributed by atoms with Crippen molar-refractivity contribution in [3.63, 3.8) is 0 Å². The first-order chi connectivity index (χ1) is 9.30. The average molecular weight is 255 g/mol. The van der Waals surface area contributed by atoms with Crippen molar-refractivity contribution in [3.05, 3.63) is 48.2 Å². The van der Waals surface area contributed by atoms with Crippen LogP contribution in [0.4, 0.5) is 0 Å². The molecule has 19 heavy (non-hydrogen) atoms. The number of hydrogen-bond acceptors (Lipinski definition) is 4. The Morgan fingerprint density at radius 3 is 2.63 bits per heavy atom. The van der Waals surface area contributed by atoms with Gasteiger partial charge in [-0.15, -0.1) is 0 Å². The third-order valence-corrected chi connectivity index (χ3v) is 3.06. The highest BCUT2D eigenvalue weighted by Crippen LogP contribution is 2.26. The van der Waals surface area contributed by atoms with E-state index in [0.29, 0.717) is 5.76 Å². The van der Waals surface area contributed by atoms with Gasteiger partial charge in [-0.2, -0.15) is 0 Å². The fourth-order valence-corrected chi connectivity index (χ4v) is 2.03. The second-order valence-corrected chi connectivity index (χ2v) is 4.26. The van der Waals surface area contributed by atoms with Gasteiger partial charge in [0.25, 0.3) is 0 Å². The second-order valence-electron chi connectivity index (χ2n) is 4.26. The number of ether oxygens (including phenoxy) is 1. The van der Waals surface area contributed by atoms with E-state index in [0.717, 1.165) is 27.8 Å². The van der Waals surface area contributed by atoms with Gasteiger partial charge in [-0.3, -0.25) is 0 Å². The third-order valence-electron chi connectivity index (χ3n) is 3.06. The van der Waals surface area contributed by atoms with Crippen LogP contribution < -0.4 is 4.74 Å². The number of aliphatic hydroxyl groups excluding tert-OH is 1. The lowest BCUT2D eigenvalue weighted by atomic mass is 10.0. The quantitative estimate of drug-likeness (QED) is 0.781. The van der Waals surface area contributed by atoms with E-state index in [4.69, 9.17) is 14.4 Å². The Balaban J connectivity index is 2.06. The van der Waals surface area contributed by atoms with Crippen LogP contribution in [-0.2, 0) is 6.61 Å². The Kier molecular flexibility index (Phi) is 2.93. The molecular weight excluding hydrogens is 242 g/mol. The summed E-state index contributed by atoms with van der Waals surface area (Å²) in [5, 5.41) is 15.1. The van der Waals surface area contributed by atoms with E-state index in [1.807, 2.05) is 36.4 Å². The first-order valence-electron chi connectivity index (χ1n) is 5.95. The lowest BCUT2D eigenvalue weighted by Gasteiger charge is -2.03. The number of aliphatic hydroxyl groups is 1. The highest BCUT2D eigenvalue weighted by Gasteiger charge is 2.06. The normalized spacial score (nSPS) is 10.8. The van der Waals surface area contributed by atoms with Gasteiger partial charge < -0.3 is 14.4 Å². The van der Waals surface area contributed by atoms with E-state index >= 15 is 0 Å². The fraction of sp³-hybridized carbons (Fsp3) is 0.133. The topological polar surface area (TPSA) is 55.5 Å². The molecule has 96 valence electrons. The molecule has 0 aliphatic carbocycles. The Morgan fingerprint density at radius 1 is 1.11 bits per heavy atom. The van der Waals surface area contributed by atoms with E-state index in [1.54, 1.807) is 13.2 Å². The second kappa shape index (κ2) is 4.74. The number of aromatic nitrogens is 1. The Morgan fingerprint density at radius 2 is 1.89 bits per heavy atom. The van der Waals surface area contributed by atoms with E-state index in [2.05, 4.69) is 5.16 Å². The third kappa shape index (κ3) is 2.18. The molecule has 4 nitrogen and oxygen atoms in total. The van der Waals surface area contributed by atoms with Crippen molar-refractivity contribution in [2.24, 2.45) is 0 Å². The van der Waals surface area contributed by atoms with E-state index in [-0.39, 0.29) is 6.61 Å². The number of benzene rings is 2. The fourth-order valence-electron chi connectivity index (χ4n) is 2.03. The average Bonchev–Trinajstić information content (AvgIpc) is 2.95. The zero-order chi connectivity index (χ0) is 13.2. The van der Waals surface area contributed by atoms with E-state index in [9.17, 15) is 0 Å². The predicted octanol–water partition coefficient (Wildman–Crippen LogP) is 3.00. The summed E-state index contributed by atoms with van der Waals surface area (Å²) < 4.78 is 10.2. The molecule has 3 aromatic rings. The van der Waals surface area contributed by atoms with Crippen molar-refractivity contribution in [2.75, 3.05) is 7.11 Å². The zero-order valence-electron chi connectivity index (χ0n) is 10.5. The van der Waals surface area contributed by atoms with Crippen molar-refractivity contribution in [3.8, 4) is 17.0 Å². The summed E-state index contributed by atoms with van der Waals surface area (Å²) in [6.07, 6.45) is 0. The van der Waals surface area contributed by atoms with Crippen LogP contribution in [0.2, 0.25) is 0 Å². The van der Waals surface area contributed by atoms with Crippen LogP contribution in [0.15, 0.2) is 47.0 Å². The lowest BCUT2D eigenvalue weighted by molar-refractivity contribution is 0.229. The lowest BCUT2D eigenvalue weighted by Crippen LogP contribution is -1.83. The number of rotatable bonds is 3. The zero-order valence-corrected chi connectivity index (χ0v) is 10.5. The van der Waals surface area contributed by atoms with Crippen LogP contribution in [0.5, 0.6) is 5.75 Å². The summed E-state index contributed by atoms with van der Waals surface area (Å²) in [4.78, 5) is 0. The summed E-state index contributed by atoms with van der Waals surface area (Å²) >= 11 is 0. The molecule has 0 aliphatic rings. The van der Waals surface area contributed by atoms with Crippen molar-refractivity contribution in [2.45, 2.75) is 6.61 Å². The van der Waals surface area contributed by atoms with Crippen LogP contribution in [-0.4, -0.2) is 17.4 Å². The molecule has 0 aliphatic heterocycles. The van der Waals surface area contributed by atoms with Crippen LogP contribution in [0.3, 0.4) is 0 Å². The standard InChI is InChI=1S/C15H13NO3/c1-18-13-5-4-10-6-12(3-2-11(10)7-13)15-8-14(9-17)19-16-15/h2-8,17H,9H2,1H3. The first kappa shape index (κ1) is 11.7. The molecule has 0 atom stereocenters. The van der Waals surface area contributed by atoms with Gasteiger partial charge in [0.05, 0.1) is 7.11 Å². The molecule has 0 unspecified atom stereocenters. The summed E-state index contributed by atoms with van der Waals surface area (Å²) in [5.74, 6) is 1.30. The highest BCUT2D eigenvalue weighted by molar-refractivity contribution is 5.87. The van der Waals surface area contributed by atoms with Gasteiger partial charge in [-0.1, -0.05) is 23.4 Å². The summed E-state index contributed by atoms with van der Waals surface area (Å²) in [7, 11) is 1.65. The summed E-state index contributed by atoms with van der Waals surface area (Å²) in [6, 6.07) is 13.7. The molecule has 0 amide bonds. The minimum atomic E-state index is -0.141. The maximum atomic E-state index is 8.98. The summed E-state index contributed by atoms with van der Waals surface area (Å²) in [6.45, 7) is -0.141. The van der Waals surface area contributed by atoms with Crippen LogP contribution in [0.1, 0.15) is 5.76 Å². The van der Waals surface area contributed by atoms with Crippen LogP contribution in [0.25, 0.3) is 22.0 Å². The monoisotopic (exact) mass is 255 g/mol. The van der Waals surface area contributed by atoms with E-state index in [1.165, 1.54) is 0 Å². The molecule has 0 spiro atoms. The van der Waals surface area contributed by atoms with Gasteiger partial charge in [0.1, 0.15) is 18.1 Å². The van der Waals surface area contributed by atoms with Gasteiger partial charge in [0.15, 0.2) is 5.76 Å². The van der Waals surface area contributed by atoms with Gasteiger partial charge in [-0.25, -0.2) is 0 Å².